The van der Waals surface area contributed by atoms with E-state index in [1.165, 1.54) is 4.80 Å². The molecular weight excluding hydrogens is 194 g/mol. The van der Waals surface area contributed by atoms with Crippen LogP contribution in [-0.2, 0) is 13.6 Å². The fourth-order valence-electron chi connectivity index (χ4n) is 2.02. The van der Waals surface area contributed by atoms with Crippen LogP contribution in [0.5, 0.6) is 0 Å². The first kappa shape index (κ1) is 10.5. The molecule has 0 radical (unpaired) electrons. The van der Waals surface area contributed by atoms with E-state index >= 15 is 0 Å². The monoisotopic (exact) mass is 211 g/mol. The van der Waals surface area contributed by atoms with Crippen molar-refractivity contribution in [1.29, 1.82) is 0 Å². The van der Waals surface area contributed by atoms with Crippen molar-refractivity contribution in [3.63, 3.8) is 0 Å². The quantitative estimate of drug-likeness (QED) is 0.699. The number of hydrogen-bond donors (Lipinski definition) is 2. The number of nitrogens with one attached hydrogen (secondary N) is 1. The van der Waals surface area contributed by atoms with Crippen molar-refractivity contribution in [2.45, 2.75) is 31.9 Å². The van der Waals surface area contributed by atoms with E-state index < -0.39 is 0 Å². The second kappa shape index (κ2) is 4.67. The molecule has 0 aromatic carbocycles. The molecule has 1 aromatic heterocycles. The van der Waals surface area contributed by atoms with Crippen LogP contribution in [0.3, 0.4) is 0 Å². The van der Waals surface area contributed by atoms with Gasteiger partial charge >= 0.3 is 0 Å². The molecule has 1 aliphatic rings. The molecule has 2 unspecified atom stereocenters. The molecule has 1 heterocycles. The number of rotatable bonds is 4. The third kappa shape index (κ3) is 2.97. The summed E-state index contributed by atoms with van der Waals surface area (Å²) in [6.45, 7) is 1.58. The maximum Gasteiger partial charge on any atom is 0.188 e. The van der Waals surface area contributed by atoms with E-state index in [4.69, 9.17) is 0 Å². The predicted molar refractivity (Wildman–Crippen MR) is 53.9 cm³/mol. The van der Waals surface area contributed by atoms with Crippen LogP contribution in [-0.4, -0.2) is 38.0 Å². The maximum atomic E-state index is 9.35. The Morgan fingerprint density at radius 1 is 1.53 bits per heavy atom. The number of hydrogen-bond acceptors (Lipinski definition) is 5. The topological polar surface area (TPSA) is 75.9 Å². The van der Waals surface area contributed by atoms with Crippen molar-refractivity contribution in [3.05, 3.63) is 5.82 Å². The lowest BCUT2D eigenvalue weighted by Gasteiger charge is -2.08. The molecule has 2 atom stereocenters. The Bertz CT molecular complexity index is 313. The smallest absolute Gasteiger partial charge is 0.188 e. The SMILES string of the molecule is Cn1nnc(CNCC2CCC(O)C2)n1. The van der Waals surface area contributed by atoms with Gasteiger partial charge in [-0.25, -0.2) is 0 Å². The lowest BCUT2D eigenvalue weighted by molar-refractivity contribution is 0.177. The highest BCUT2D eigenvalue weighted by molar-refractivity contribution is 4.79. The number of nitrogens with zero attached hydrogens (tertiary/aromatic N) is 4. The highest BCUT2D eigenvalue weighted by atomic mass is 16.3. The second-order valence-corrected chi connectivity index (χ2v) is 4.16. The molecule has 2 rings (SSSR count). The molecule has 6 nitrogen and oxygen atoms in total. The van der Waals surface area contributed by atoms with E-state index in [-0.39, 0.29) is 6.10 Å². The lowest BCUT2D eigenvalue weighted by atomic mass is 10.1. The first-order chi connectivity index (χ1) is 7.24. The standard InChI is InChI=1S/C9H17N5O/c1-14-12-9(11-13-14)6-10-5-7-2-3-8(15)4-7/h7-8,10,15H,2-6H2,1H3. The van der Waals surface area contributed by atoms with Gasteiger partial charge in [-0.15, -0.1) is 10.2 Å². The van der Waals surface area contributed by atoms with Crippen molar-refractivity contribution < 1.29 is 5.11 Å². The van der Waals surface area contributed by atoms with Crippen LogP contribution >= 0.6 is 0 Å². The molecule has 0 amide bonds. The molecule has 1 aliphatic carbocycles. The largest absolute Gasteiger partial charge is 0.393 e. The summed E-state index contributed by atoms with van der Waals surface area (Å²) in [7, 11) is 1.75. The Morgan fingerprint density at radius 2 is 2.40 bits per heavy atom. The second-order valence-electron chi connectivity index (χ2n) is 4.16. The zero-order valence-corrected chi connectivity index (χ0v) is 8.93. The van der Waals surface area contributed by atoms with Crippen molar-refractivity contribution in [2.75, 3.05) is 6.54 Å². The fraction of sp³-hybridized carbons (Fsp3) is 0.889. The van der Waals surface area contributed by atoms with Crippen LogP contribution in [0.15, 0.2) is 0 Å². The van der Waals surface area contributed by atoms with Crippen molar-refractivity contribution >= 4 is 0 Å². The van der Waals surface area contributed by atoms with Gasteiger partial charge in [-0.1, -0.05) is 0 Å². The summed E-state index contributed by atoms with van der Waals surface area (Å²) in [4.78, 5) is 1.45. The predicted octanol–water partition coefficient (Wildman–Crippen LogP) is -0.539. The first-order valence-electron chi connectivity index (χ1n) is 5.35. The van der Waals surface area contributed by atoms with Crippen LogP contribution in [0.4, 0.5) is 0 Å². The first-order valence-corrected chi connectivity index (χ1v) is 5.35. The Morgan fingerprint density at radius 3 is 3.00 bits per heavy atom. The Kier molecular flexibility index (Phi) is 3.27. The molecule has 0 aliphatic heterocycles. The number of aliphatic hydroxyl groups is 1. The van der Waals surface area contributed by atoms with E-state index in [1.807, 2.05) is 0 Å². The van der Waals surface area contributed by atoms with Gasteiger partial charge in [-0.05, 0) is 36.9 Å². The van der Waals surface area contributed by atoms with Gasteiger partial charge in [-0.3, -0.25) is 0 Å². The van der Waals surface area contributed by atoms with E-state index in [1.54, 1.807) is 7.05 Å². The van der Waals surface area contributed by atoms with E-state index in [0.29, 0.717) is 12.5 Å². The number of tetrazole rings is 1. The van der Waals surface area contributed by atoms with Gasteiger partial charge in [0.25, 0.3) is 0 Å². The van der Waals surface area contributed by atoms with Crippen molar-refractivity contribution in [2.24, 2.45) is 13.0 Å². The lowest BCUT2D eigenvalue weighted by Crippen LogP contribution is -2.22. The zero-order valence-electron chi connectivity index (χ0n) is 8.93. The van der Waals surface area contributed by atoms with E-state index in [0.717, 1.165) is 31.6 Å². The maximum absolute atomic E-state index is 9.35. The Labute approximate surface area is 88.7 Å². The number of aromatic nitrogens is 4. The minimum atomic E-state index is -0.0913. The normalized spacial score (nSPS) is 26.0. The van der Waals surface area contributed by atoms with Gasteiger partial charge in [0.2, 0.25) is 0 Å². The minimum absolute atomic E-state index is 0.0913. The zero-order chi connectivity index (χ0) is 10.7. The number of aryl methyl sites for hydroxylation is 1. The van der Waals surface area contributed by atoms with Crippen LogP contribution in [0.25, 0.3) is 0 Å². The molecule has 0 bridgehead atoms. The molecule has 0 spiro atoms. The molecule has 84 valence electrons. The number of aliphatic hydroxyl groups excluding tert-OH is 1. The van der Waals surface area contributed by atoms with Crippen molar-refractivity contribution in [3.8, 4) is 0 Å². The van der Waals surface area contributed by atoms with Crippen LogP contribution in [0, 0.1) is 5.92 Å². The highest BCUT2D eigenvalue weighted by Crippen LogP contribution is 2.24. The fourth-order valence-corrected chi connectivity index (χ4v) is 2.02. The Balaban J connectivity index is 1.67. The summed E-state index contributed by atoms with van der Waals surface area (Å²) in [6.07, 6.45) is 2.88. The van der Waals surface area contributed by atoms with Gasteiger partial charge in [0.15, 0.2) is 5.82 Å². The van der Waals surface area contributed by atoms with Crippen molar-refractivity contribution in [1.82, 2.24) is 25.5 Å². The summed E-state index contributed by atoms with van der Waals surface area (Å²) in [5.41, 5.74) is 0. The minimum Gasteiger partial charge on any atom is -0.393 e. The van der Waals surface area contributed by atoms with Gasteiger partial charge in [-0.2, -0.15) is 4.80 Å². The molecule has 1 saturated carbocycles. The van der Waals surface area contributed by atoms with Crippen LogP contribution in [0.2, 0.25) is 0 Å². The Hall–Kier alpha value is -1.01. The summed E-state index contributed by atoms with van der Waals surface area (Å²) in [6, 6.07) is 0. The molecule has 0 saturated heterocycles. The van der Waals surface area contributed by atoms with Gasteiger partial charge in [0.05, 0.1) is 19.7 Å². The average Bonchev–Trinajstić information content (AvgIpc) is 2.76. The molecular formula is C9H17N5O. The van der Waals surface area contributed by atoms with E-state index in [9.17, 15) is 5.11 Å². The van der Waals surface area contributed by atoms with Gasteiger partial charge in [0.1, 0.15) is 0 Å². The summed E-state index contributed by atoms with van der Waals surface area (Å²) in [5, 5.41) is 24.4. The third-order valence-electron chi connectivity index (χ3n) is 2.78. The third-order valence-corrected chi connectivity index (χ3v) is 2.78. The summed E-state index contributed by atoms with van der Waals surface area (Å²) >= 11 is 0. The molecule has 2 N–H and O–H groups in total. The highest BCUT2D eigenvalue weighted by Gasteiger charge is 2.22. The van der Waals surface area contributed by atoms with Crippen LogP contribution < -0.4 is 5.32 Å². The van der Waals surface area contributed by atoms with Gasteiger partial charge in [0, 0.05) is 0 Å². The molecule has 1 aromatic rings. The van der Waals surface area contributed by atoms with Crippen LogP contribution in [0.1, 0.15) is 25.1 Å². The molecule has 6 heteroatoms. The summed E-state index contributed by atoms with van der Waals surface area (Å²) < 4.78 is 0. The van der Waals surface area contributed by atoms with E-state index in [2.05, 4.69) is 20.7 Å². The molecule has 15 heavy (non-hydrogen) atoms. The average molecular weight is 211 g/mol. The summed E-state index contributed by atoms with van der Waals surface area (Å²) in [5.74, 6) is 1.31. The molecule has 1 fully saturated rings. The van der Waals surface area contributed by atoms with Gasteiger partial charge < -0.3 is 10.4 Å².